The summed E-state index contributed by atoms with van der Waals surface area (Å²) in [5, 5.41) is 11.5. The molecule has 0 radical (unpaired) electrons. The number of amides is 2. The molecular formula is C15H17N3O2. The summed E-state index contributed by atoms with van der Waals surface area (Å²) in [6.45, 7) is 1.15. The highest BCUT2D eigenvalue weighted by molar-refractivity contribution is 5.94. The molecule has 1 heterocycles. The number of likely N-dealkylation sites (tertiary alicyclic amines) is 1. The Balaban J connectivity index is 2.01. The van der Waals surface area contributed by atoms with Crippen LogP contribution in [0.2, 0.25) is 0 Å². The molecule has 20 heavy (non-hydrogen) atoms. The number of hydrogen-bond donors (Lipinski definition) is 1. The van der Waals surface area contributed by atoms with E-state index >= 15 is 0 Å². The lowest BCUT2D eigenvalue weighted by Crippen LogP contribution is -2.42. The Kier molecular flexibility index (Phi) is 4.36. The molecule has 0 spiro atoms. The number of nitrogens with zero attached hydrogens (tertiary/aromatic N) is 2. The van der Waals surface area contributed by atoms with E-state index in [1.165, 1.54) is 0 Å². The van der Waals surface area contributed by atoms with Crippen molar-refractivity contribution in [2.24, 2.45) is 5.92 Å². The van der Waals surface area contributed by atoms with Gasteiger partial charge in [0.25, 0.3) is 5.91 Å². The van der Waals surface area contributed by atoms with Crippen molar-refractivity contribution in [1.29, 1.82) is 5.26 Å². The van der Waals surface area contributed by atoms with Gasteiger partial charge in [-0.3, -0.25) is 9.59 Å². The van der Waals surface area contributed by atoms with Gasteiger partial charge in [0.1, 0.15) is 0 Å². The van der Waals surface area contributed by atoms with E-state index in [2.05, 4.69) is 5.32 Å². The number of carbonyl (C=O) groups is 2. The zero-order valence-electron chi connectivity index (χ0n) is 11.4. The first-order valence-electron chi connectivity index (χ1n) is 6.66. The molecule has 5 nitrogen and oxygen atoms in total. The lowest BCUT2D eigenvalue weighted by molar-refractivity contribution is -0.125. The molecule has 104 valence electrons. The van der Waals surface area contributed by atoms with Crippen LogP contribution in [-0.4, -0.2) is 36.9 Å². The van der Waals surface area contributed by atoms with Crippen molar-refractivity contribution < 1.29 is 9.59 Å². The SMILES string of the molecule is CNC(=O)C1CCN(C(=O)c2cccc(C#N)c2)CC1. The van der Waals surface area contributed by atoms with Crippen LogP contribution in [0.15, 0.2) is 24.3 Å². The van der Waals surface area contributed by atoms with E-state index in [9.17, 15) is 9.59 Å². The zero-order valence-corrected chi connectivity index (χ0v) is 11.4. The average molecular weight is 271 g/mol. The van der Waals surface area contributed by atoms with Gasteiger partial charge in [-0.15, -0.1) is 0 Å². The molecule has 1 saturated heterocycles. The normalized spacial score (nSPS) is 15.5. The van der Waals surface area contributed by atoms with Crippen LogP contribution in [0.25, 0.3) is 0 Å². The Hall–Kier alpha value is -2.35. The maximum Gasteiger partial charge on any atom is 0.253 e. The number of benzene rings is 1. The Bertz CT molecular complexity index is 554. The summed E-state index contributed by atoms with van der Waals surface area (Å²) in [5.74, 6) is -0.0319. The van der Waals surface area contributed by atoms with E-state index in [0.29, 0.717) is 37.1 Å². The van der Waals surface area contributed by atoms with Crippen molar-refractivity contribution in [3.05, 3.63) is 35.4 Å². The average Bonchev–Trinajstić information content (AvgIpc) is 2.53. The Labute approximate surface area is 118 Å². The number of nitriles is 1. The molecule has 1 aliphatic rings. The number of nitrogens with one attached hydrogen (secondary N) is 1. The fraction of sp³-hybridized carbons (Fsp3) is 0.400. The number of hydrogen-bond acceptors (Lipinski definition) is 3. The molecule has 2 rings (SSSR count). The summed E-state index contributed by atoms with van der Waals surface area (Å²) in [5.41, 5.74) is 1.01. The van der Waals surface area contributed by atoms with Crippen molar-refractivity contribution in [2.45, 2.75) is 12.8 Å². The molecule has 1 N–H and O–H groups in total. The standard InChI is InChI=1S/C15H17N3O2/c1-17-14(19)12-5-7-18(8-6-12)15(20)13-4-2-3-11(9-13)10-16/h2-4,9,12H,5-8H2,1H3,(H,17,19). The smallest absolute Gasteiger partial charge is 0.253 e. The molecular weight excluding hydrogens is 254 g/mol. The minimum Gasteiger partial charge on any atom is -0.359 e. The summed E-state index contributed by atoms with van der Waals surface area (Å²) in [6, 6.07) is 8.74. The molecule has 0 aliphatic carbocycles. The minimum atomic E-state index is -0.0718. The molecule has 1 aromatic rings. The Morgan fingerprint density at radius 1 is 1.35 bits per heavy atom. The van der Waals surface area contributed by atoms with Gasteiger partial charge in [0.05, 0.1) is 11.6 Å². The van der Waals surface area contributed by atoms with Crippen LogP contribution in [-0.2, 0) is 4.79 Å². The van der Waals surface area contributed by atoms with Crippen LogP contribution < -0.4 is 5.32 Å². The molecule has 0 aromatic heterocycles. The van der Waals surface area contributed by atoms with Gasteiger partial charge in [-0.2, -0.15) is 5.26 Å². The molecule has 0 atom stereocenters. The maximum atomic E-state index is 12.3. The fourth-order valence-electron chi connectivity index (χ4n) is 2.45. The van der Waals surface area contributed by atoms with Gasteiger partial charge in [0, 0.05) is 31.6 Å². The van der Waals surface area contributed by atoms with Crippen LogP contribution >= 0.6 is 0 Å². The van der Waals surface area contributed by atoms with Gasteiger partial charge in [0.2, 0.25) is 5.91 Å². The second-order valence-corrected chi connectivity index (χ2v) is 4.87. The van der Waals surface area contributed by atoms with E-state index in [4.69, 9.17) is 5.26 Å². The first kappa shape index (κ1) is 14.1. The molecule has 0 unspecified atom stereocenters. The van der Waals surface area contributed by atoms with Gasteiger partial charge in [-0.25, -0.2) is 0 Å². The molecule has 1 aliphatic heterocycles. The Morgan fingerprint density at radius 3 is 2.65 bits per heavy atom. The first-order chi connectivity index (χ1) is 9.65. The van der Waals surface area contributed by atoms with E-state index < -0.39 is 0 Å². The topological polar surface area (TPSA) is 73.2 Å². The van der Waals surface area contributed by atoms with E-state index in [1.54, 1.807) is 36.2 Å². The van der Waals surface area contributed by atoms with Crippen molar-refractivity contribution in [3.8, 4) is 6.07 Å². The predicted molar refractivity (Wildman–Crippen MR) is 73.9 cm³/mol. The van der Waals surface area contributed by atoms with Crippen molar-refractivity contribution in [1.82, 2.24) is 10.2 Å². The largest absolute Gasteiger partial charge is 0.359 e. The summed E-state index contributed by atoms with van der Waals surface area (Å²) in [6.07, 6.45) is 1.37. The van der Waals surface area contributed by atoms with Crippen molar-refractivity contribution in [2.75, 3.05) is 20.1 Å². The zero-order chi connectivity index (χ0) is 14.5. The van der Waals surface area contributed by atoms with Crippen LogP contribution in [0, 0.1) is 17.2 Å². The van der Waals surface area contributed by atoms with Gasteiger partial charge in [-0.05, 0) is 31.0 Å². The number of piperidine rings is 1. The Morgan fingerprint density at radius 2 is 2.05 bits per heavy atom. The maximum absolute atomic E-state index is 12.3. The highest BCUT2D eigenvalue weighted by Gasteiger charge is 2.27. The van der Waals surface area contributed by atoms with Gasteiger partial charge in [-0.1, -0.05) is 6.07 Å². The molecule has 2 amide bonds. The minimum absolute atomic E-state index is 0.00510. The summed E-state index contributed by atoms with van der Waals surface area (Å²) in [4.78, 5) is 25.6. The molecule has 0 bridgehead atoms. The van der Waals surface area contributed by atoms with Crippen molar-refractivity contribution >= 4 is 11.8 Å². The van der Waals surface area contributed by atoms with E-state index in [0.717, 1.165) is 0 Å². The van der Waals surface area contributed by atoms with Gasteiger partial charge in [0.15, 0.2) is 0 Å². The van der Waals surface area contributed by atoms with Crippen LogP contribution in [0.1, 0.15) is 28.8 Å². The quantitative estimate of drug-likeness (QED) is 0.877. The number of rotatable bonds is 2. The highest BCUT2D eigenvalue weighted by Crippen LogP contribution is 2.19. The van der Waals surface area contributed by atoms with Crippen LogP contribution in [0.5, 0.6) is 0 Å². The summed E-state index contributed by atoms with van der Waals surface area (Å²) in [7, 11) is 1.63. The third-order valence-corrected chi connectivity index (χ3v) is 3.64. The fourth-order valence-corrected chi connectivity index (χ4v) is 2.45. The molecule has 0 saturated carbocycles. The summed E-state index contributed by atoms with van der Waals surface area (Å²) >= 11 is 0. The van der Waals surface area contributed by atoms with Crippen LogP contribution in [0.3, 0.4) is 0 Å². The molecule has 5 heteroatoms. The number of carbonyl (C=O) groups excluding carboxylic acids is 2. The van der Waals surface area contributed by atoms with E-state index in [1.807, 2.05) is 6.07 Å². The van der Waals surface area contributed by atoms with Crippen molar-refractivity contribution in [3.63, 3.8) is 0 Å². The van der Waals surface area contributed by atoms with E-state index in [-0.39, 0.29) is 17.7 Å². The molecule has 1 aromatic carbocycles. The second-order valence-electron chi connectivity index (χ2n) is 4.87. The third kappa shape index (κ3) is 2.97. The first-order valence-corrected chi connectivity index (χ1v) is 6.66. The summed E-state index contributed by atoms with van der Waals surface area (Å²) < 4.78 is 0. The second kappa shape index (κ2) is 6.20. The van der Waals surface area contributed by atoms with Gasteiger partial charge < -0.3 is 10.2 Å². The highest BCUT2D eigenvalue weighted by atomic mass is 16.2. The van der Waals surface area contributed by atoms with Gasteiger partial charge >= 0.3 is 0 Å². The lowest BCUT2D eigenvalue weighted by Gasteiger charge is -2.31. The monoisotopic (exact) mass is 271 g/mol. The molecule has 1 fully saturated rings. The van der Waals surface area contributed by atoms with Crippen LogP contribution in [0.4, 0.5) is 0 Å². The lowest BCUT2D eigenvalue weighted by atomic mass is 9.95. The predicted octanol–water partition coefficient (Wildman–Crippen LogP) is 1.16. The third-order valence-electron chi connectivity index (χ3n) is 3.64.